The summed E-state index contributed by atoms with van der Waals surface area (Å²) in [5, 5.41) is 12.0. The Morgan fingerprint density at radius 2 is 2.00 bits per heavy atom. The molecule has 0 saturated heterocycles. The average molecular weight is 270 g/mol. The maximum Gasteiger partial charge on any atom is 0.317 e. The van der Waals surface area contributed by atoms with E-state index in [2.05, 4.69) is 19.2 Å². The van der Waals surface area contributed by atoms with E-state index >= 15 is 0 Å². The minimum Gasteiger partial charge on any atom is -0.481 e. The number of hydrogen-bond acceptors (Lipinski definition) is 2. The number of nitrogens with one attached hydrogen (secondary N) is 1. The lowest BCUT2D eigenvalue weighted by Gasteiger charge is -2.27. The first kappa shape index (κ1) is 15.8. The number of carboxylic acids is 1. The maximum absolute atomic E-state index is 12.2. The molecular formula is C14H26N2O3. The van der Waals surface area contributed by atoms with Crippen LogP contribution in [0.3, 0.4) is 0 Å². The average Bonchev–Trinajstić information content (AvgIpc) is 2.67. The SMILES string of the molecule is CCN(CC(C)C(=O)O)C(=O)NC1CCC(C)C1C. The van der Waals surface area contributed by atoms with E-state index in [0.717, 1.165) is 12.8 Å². The molecule has 19 heavy (non-hydrogen) atoms. The lowest BCUT2D eigenvalue weighted by molar-refractivity contribution is -0.141. The summed E-state index contributed by atoms with van der Waals surface area (Å²) < 4.78 is 0. The summed E-state index contributed by atoms with van der Waals surface area (Å²) in [4.78, 5) is 24.6. The molecule has 0 aliphatic heterocycles. The highest BCUT2D eigenvalue weighted by Crippen LogP contribution is 2.31. The van der Waals surface area contributed by atoms with Crippen molar-refractivity contribution in [2.75, 3.05) is 13.1 Å². The highest BCUT2D eigenvalue weighted by Gasteiger charge is 2.32. The van der Waals surface area contributed by atoms with E-state index in [1.165, 1.54) is 0 Å². The minimum absolute atomic E-state index is 0.137. The van der Waals surface area contributed by atoms with E-state index < -0.39 is 11.9 Å². The van der Waals surface area contributed by atoms with Gasteiger partial charge in [0.05, 0.1) is 5.92 Å². The van der Waals surface area contributed by atoms with E-state index in [-0.39, 0.29) is 18.6 Å². The van der Waals surface area contributed by atoms with Crippen molar-refractivity contribution < 1.29 is 14.7 Å². The topological polar surface area (TPSA) is 69.6 Å². The zero-order valence-electron chi connectivity index (χ0n) is 12.3. The Bertz CT molecular complexity index is 333. The first-order valence-electron chi connectivity index (χ1n) is 7.15. The van der Waals surface area contributed by atoms with Crippen LogP contribution < -0.4 is 5.32 Å². The number of urea groups is 1. The largest absolute Gasteiger partial charge is 0.481 e. The van der Waals surface area contributed by atoms with Crippen LogP contribution in [0.4, 0.5) is 4.79 Å². The van der Waals surface area contributed by atoms with Crippen molar-refractivity contribution in [3.63, 3.8) is 0 Å². The van der Waals surface area contributed by atoms with Crippen LogP contribution in [0.5, 0.6) is 0 Å². The van der Waals surface area contributed by atoms with Crippen LogP contribution in [0.25, 0.3) is 0 Å². The fourth-order valence-corrected chi connectivity index (χ4v) is 2.58. The van der Waals surface area contributed by atoms with Gasteiger partial charge < -0.3 is 15.3 Å². The van der Waals surface area contributed by atoms with E-state index in [1.54, 1.807) is 11.8 Å². The van der Waals surface area contributed by atoms with Gasteiger partial charge >= 0.3 is 12.0 Å². The smallest absolute Gasteiger partial charge is 0.317 e. The molecule has 5 nitrogen and oxygen atoms in total. The Morgan fingerprint density at radius 1 is 1.37 bits per heavy atom. The second-order valence-corrected chi connectivity index (χ2v) is 5.75. The standard InChI is InChI=1S/C14H26N2O3/c1-5-16(8-10(3)13(17)18)14(19)15-12-7-6-9(2)11(12)4/h9-12H,5-8H2,1-4H3,(H,15,19)(H,17,18). The monoisotopic (exact) mass is 270 g/mol. The zero-order valence-corrected chi connectivity index (χ0v) is 12.3. The minimum atomic E-state index is -0.867. The lowest BCUT2D eigenvalue weighted by atomic mass is 9.98. The Morgan fingerprint density at radius 3 is 2.42 bits per heavy atom. The summed E-state index contributed by atoms with van der Waals surface area (Å²) in [6, 6.07) is 0.0817. The second-order valence-electron chi connectivity index (χ2n) is 5.75. The predicted molar refractivity (Wildman–Crippen MR) is 73.9 cm³/mol. The zero-order chi connectivity index (χ0) is 14.6. The Labute approximate surface area is 115 Å². The summed E-state index contributed by atoms with van der Waals surface area (Å²) in [5.74, 6) is -0.280. The van der Waals surface area contributed by atoms with E-state index in [9.17, 15) is 9.59 Å². The molecular weight excluding hydrogens is 244 g/mol. The molecule has 1 saturated carbocycles. The normalized spacial score (nSPS) is 27.9. The van der Waals surface area contributed by atoms with Crippen LogP contribution in [0, 0.1) is 17.8 Å². The first-order valence-corrected chi connectivity index (χ1v) is 7.15. The molecule has 0 aromatic rings. The van der Waals surface area contributed by atoms with Crippen LogP contribution in [-0.4, -0.2) is 41.1 Å². The molecule has 2 amide bonds. The van der Waals surface area contributed by atoms with Gasteiger partial charge in [-0.1, -0.05) is 20.8 Å². The number of aliphatic carboxylic acids is 1. The number of amides is 2. The summed E-state index contributed by atoms with van der Waals surface area (Å²) in [7, 11) is 0. The third-order valence-electron chi connectivity index (χ3n) is 4.36. The molecule has 1 aliphatic carbocycles. The number of carbonyl (C=O) groups excluding carboxylic acids is 1. The molecule has 0 heterocycles. The molecule has 0 aromatic heterocycles. The fraction of sp³-hybridized carbons (Fsp3) is 0.857. The van der Waals surface area contributed by atoms with E-state index in [0.29, 0.717) is 18.4 Å². The van der Waals surface area contributed by atoms with Gasteiger partial charge in [-0.25, -0.2) is 4.79 Å². The van der Waals surface area contributed by atoms with Crippen molar-refractivity contribution in [2.24, 2.45) is 17.8 Å². The van der Waals surface area contributed by atoms with Gasteiger partial charge in [0.1, 0.15) is 0 Å². The van der Waals surface area contributed by atoms with Crippen LogP contribution >= 0.6 is 0 Å². The molecule has 2 N–H and O–H groups in total. The highest BCUT2D eigenvalue weighted by atomic mass is 16.4. The molecule has 4 unspecified atom stereocenters. The van der Waals surface area contributed by atoms with Gasteiger partial charge in [-0.2, -0.15) is 0 Å². The maximum atomic E-state index is 12.2. The molecule has 5 heteroatoms. The van der Waals surface area contributed by atoms with Crippen LogP contribution in [0.2, 0.25) is 0 Å². The molecule has 0 radical (unpaired) electrons. The lowest BCUT2D eigenvalue weighted by Crippen LogP contribution is -2.47. The summed E-state index contributed by atoms with van der Waals surface area (Å²) in [5.41, 5.74) is 0. The van der Waals surface area contributed by atoms with Crippen molar-refractivity contribution in [3.8, 4) is 0 Å². The van der Waals surface area contributed by atoms with E-state index in [1.807, 2.05) is 6.92 Å². The molecule has 1 fully saturated rings. The number of hydrogen-bond donors (Lipinski definition) is 2. The molecule has 0 aromatic carbocycles. The van der Waals surface area contributed by atoms with Gasteiger partial charge in [-0.15, -0.1) is 0 Å². The number of nitrogens with zero attached hydrogens (tertiary/aromatic N) is 1. The molecule has 1 rings (SSSR count). The third kappa shape index (κ3) is 4.11. The van der Waals surface area contributed by atoms with Crippen molar-refractivity contribution in [3.05, 3.63) is 0 Å². The predicted octanol–water partition coefficient (Wildman–Crippen LogP) is 2.17. The van der Waals surface area contributed by atoms with Gasteiger partial charge in [-0.05, 0) is 31.6 Å². The molecule has 1 aliphatic rings. The number of rotatable bonds is 5. The number of carboxylic acid groups (broad SMARTS) is 1. The van der Waals surface area contributed by atoms with Gasteiger partial charge in [0, 0.05) is 19.1 Å². The Balaban J connectivity index is 2.52. The van der Waals surface area contributed by atoms with Crippen LogP contribution in [0.15, 0.2) is 0 Å². The quantitative estimate of drug-likeness (QED) is 0.804. The summed E-state index contributed by atoms with van der Waals surface area (Å²) in [6.07, 6.45) is 2.16. The molecule has 110 valence electrons. The Hall–Kier alpha value is -1.26. The number of carbonyl (C=O) groups is 2. The van der Waals surface area contributed by atoms with Crippen molar-refractivity contribution >= 4 is 12.0 Å². The van der Waals surface area contributed by atoms with Crippen LogP contribution in [-0.2, 0) is 4.79 Å². The summed E-state index contributed by atoms with van der Waals surface area (Å²) >= 11 is 0. The van der Waals surface area contributed by atoms with Gasteiger partial charge in [-0.3, -0.25) is 4.79 Å². The van der Waals surface area contributed by atoms with Gasteiger partial charge in [0.25, 0.3) is 0 Å². The molecule has 0 spiro atoms. The van der Waals surface area contributed by atoms with Crippen molar-refractivity contribution in [1.29, 1.82) is 0 Å². The van der Waals surface area contributed by atoms with Crippen LogP contribution in [0.1, 0.15) is 40.5 Å². The van der Waals surface area contributed by atoms with Gasteiger partial charge in [0.2, 0.25) is 0 Å². The van der Waals surface area contributed by atoms with Crippen molar-refractivity contribution in [1.82, 2.24) is 10.2 Å². The van der Waals surface area contributed by atoms with Gasteiger partial charge in [0.15, 0.2) is 0 Å². The Kier molecular flexibility index (Phi) is 5.63. The third-order valence-corrected chi connectivity index (χ3v) is 4.36. The summed E-state index contributed by atoms with van der Waals surface area (Å²) in [6.45, 7) is 8.65. The van der Waals surface area contributed by atoms with E-state index in [4.69, 9.17) is 5.11 Å². The molecule has 4 atom stereocenters. The van der Waals surface area contributed by atoms with Crippen molar-refractivity contribution in [2.45, 2.75) is 46.6 Å². The second kappa shape index (κ2) is 6.78. The fourth-order valence-electron chi connectivity index (χ4n) is 2.58. The first-order chi connectivity index (χ1) is 8.86. The highest BCUT2D eigenvalue weighted by molar-refractivity contribution is 5.76. The molecule has 0 bridgehead atoms.